The van der Waals surface area contributed by atoms with Crippen molar-refractivity contribution in [3.8, 4) is 0 Å². The minimum Gasteiger partial charge on any atom is -0.480 e. The topological polar surface area (TPSA) is 92.4 Å². The van der Waals surface area contributed by atoms with Gasteiger partial charge in [0, 0.05) is 5.69 Å². The van der Waals surface area contributed by atoms with Gasteiger partial charge in [-0.3, -0.25) is 9.48 Å². The molecular weight excluding hydrogens is 314 g/mol. The van der Waals surface area contributed by atoms with Crippen molar-refractivity contribution >= 4 is 11.9 Å². The Kier molecular flexibility index (Phi) is 5.76. The van der Waals surface area contributed by atoms with Crippen molar-refractivity contribution in [2.24, 2.45) is 0 Å². The normalized spacial score (nSPS) is 11.6. The average molecular weight is 322 g/mol. The number of halogens is 6. The van der Waals surface area contributed by atoms with Crippen molar-refractivity contribution in [1.82, 2.24) is 9.78 Å². The fraction of sp³-hybridized carbons (Fsp3) is 0.444. The third kappa shape index (κ3) is 6.63. The number of aryl methyl sites for hydroxylation is 1. The lowest BCUT2D eigenvalue weighted by Gasteiger charge is -2.00. The van der Waals surface area contributed by atoms with Crippen molar-refractivity contribution < 1.29 is 46.1 Å². The number of aliphatic carboxylic acids is 2. The van der Waals surface area contributed by atoms with Crippen LogP contribution in [0, 0.1) is 6.92 Å². The predicted octanol–water partition coefficient (Wildman–Crippen LogP) is 1.93. The quantitative estimate of drug-likeness (QED) is 0.812. The van der Waals surface area contributed by atoms with Crippen molar-refractivity contribution in [3.05, 3.63) is 17.5 Å². The number of carboxylic acids is 2. The fourth-order valence-corrected chi connectivity index (χ4v) is 0.937. The summed E-state index contributed by atoms with van der Waals surface area (Å²) in [7, 11) is 0. The standard InChI is InChI=1S/C7H7F3N2O2.C2HF3O2/c1-4-2-5(7(8,9)10)11-12(4)3-6(13)14;3-2(4,5)1(6)7/h2H,3H2,1H3,(H,13,14);(H,6,7). The lowest BCUT2D eigenvalue weighted by atomic mass is 10.4. The molecule has 0 radical (unpaired) electrons. The molecule has 0 atom stereocenters. The highest BCUT2D eigenvalue weighted by molar-refractivity contribution is 5.73. The Labute approximate surface area is 112 Å². The lowest BCUT2D eigenvalue weighted by molar-refractivity contribution is -0.192. The Balaban J connectivity index is 0.000000486. The van der Waals surface area contributed by atoms with Gasteiger partial charge in [0.15, 0.2) is 5.69 Å². The van der Waals surface area contributed by atoms with Crippen LogP contribution in [0.25, 0.3) is 0 Å². The molecular formula is C9H8F6N2O4. The van der Waals surface area contributed by atoms with Gasteiger partial charge in [-0.2, -0.15) is 31.4 Å². The molecule has 0 spiro atoms. The molecule has 0 aromatic carbocycles. The van der Waals surface area contributed by atoms with Crippen LogP contribution in [-0.2, 0) is 22.3 Å². The first kappa shape index (κ1) is 18.7. The molecule has 0 aliphatic carbocycles. The summed E-state index contributed by atoms with van der Waals surface area (Å²) in [6.07, 6.45) is -9.62. The van der Waals surface area contributed by atoms with E-state index in [0.29, 0.717) is 0 Å². The molecule has 0 saturated carbocycles. The van der Waals surface area contributed by atoms with E-state index in [-0.39, 0.29) is 5.69 Å². The number of carbonyl (C=O) groups is 2. The number of alkyl halides is 6. The van der Waals surface area contributed by atoms with Gasteiger partial charge in [-0.1, -0.05) is 0 Å². The van der Waals surface area contributed by atoms with Gasteiger partial charge in [-0.15, -0.1) is 0 Å². The summed E-state index contributed by atoms with van der Waals surface area (Å²) in [6.45, 7) is 0.799. The van der Waals surface area contributed by atoms with Crippen LogP contribution in [0.5, 0.6) is 0 Å². The van der Waals surface area contributed by atoms with Crippen LogP contribution < -0.4 is 0 Å². The molecule has 0 aliphatic rings. The molecule has 0 amide bonds. The SMILES string of the molecule is Cc1cc(C(F)(F)F)nn1CC(=O)O.O=C(O)C(F)(F)F. The Bertz CT molecular complexity index is 519. The highest BCUT2D eigenvalue weighted by Gasteiger charge is 2.38. The number of carboxylic acid groups (broad SMARTS) is 2. The zero-order valence-corrected chi connectivity index (χ0v) is 10.2. The van der Waals surface area contributed by atoms with Crippen LogP contribution in [0.4, 0.5) is 26.3 Å². The monoisotopic (exact) mass is 322 g/mol. The summed E-state index contributed by atoms with van der Waals surface area (Å²) in [5.74, 6) is -3.99. The minimum absolute atomic E-state index is 0.166. The molecule has 6 nitrogen and oxygen atoms in total. The van der Waals surface area contributed by atoms with Crippen molar-refractivity contribution in [1.29, 1.82) is 0 Å². The number of hydrogen-bond acceptors (Lipinski definition) is 3. The van der Waals surface area contributed by atoms with Gasteiger partial charge in [0.1, 0.15) is 6.54 Å². The highest BCUT2D eigenvalue weighted by atomic mass is 19.4. The third-order valence-electron chi connectivity index (χ3n) is 1.80. The van der Waals surface area contributed by atoms with Gasteiger partial charge in [0.25, 0.3) is 0 Å². The van der Waals surface area contributed by atoms with E-state index in [1.807, 2.05) is 0 Å². The minimum atomic E-state index is -5.08. The van der Waals surface area contributed by atoms with E-state index < -0.39 is 36.5 Å². The highest BCUT2D eigenvalue weighted by Crippen LogP contribution is 2.28. The first-order valence-corrected chi connectivity index (χ1v) is 4.88. The van der Waals surface area contributed by atoms with E-state index in [9.17, 15) is 31.1 Å². The number of hydrogen-bond donors (Lipinski definition) is 2. The number of nitrogens with zero attached hydrogens (tertiary/aromatic N) is 2. The lowest BCUT2D eigenvalue weighted by Crippen LogP contribution is -2.21. The smallest absolute Gasteiger partial charge is 0.480 e. The summed E-state index contributed by atoms with van der Waals surface area (Å²) >= 11 is 0. The Morgan fingerprint density at radius 1 is 1.19 bits per heavy atom. The van der Waals surface area contributed by atoms with E-state index in [0.717, 1.165) is 10.7 Å². The van der Waals surface area contributed by atoms with E-state index >= 15 is 0 Å². The van der Waals surface area contributed by atoms with E-state index in [4.69, 9.17) is 15.0 Å². The Morgan fingerprint density at radius 2 is 1.62 bits per heavy atom. The summed E-state index contributed by atoms with van der Waals surface area (Å²) in [5.41, 5.74) is -0.907. The zero-order chi connectivity index (χ0) is 17.0. The maximum Gasteiger partial charge on any atom is 0.490 e. The van der Waals surface area contributed by atoms with Gasteiger partial charge in [-0.25, -0.2) is 4.79 Å². The van der Waals surface area contributed by atoms with Crippen LogP contribution in [0.1, 0.15) is 11.4 Å². The van der Waals surface area contributed by atoms with Gasteiger partial charge >= 0.3 is 24.3 Å². The molecule has 21 heavy (non-hydrogen) atoms. The van der Waals surface area contributed by atoms with Crippen molar-refractivity contribution in [2.45, 2.75) is 25.8 Å². The molecule has 12 heteroatoms. The van der Waals surface area contributed by atoms with E-state index in [1.165, 1.54) is 6.92 Å². The van der Waals surface area contributed by atoms with Gasteiger partial charge in [0.05, 0.1) is 0 Å². The molecule has 0 saturated heterocycles. The first-order valence-electron chi connectivity index (χ1n) is 4.88. The molecule has 1 aromatic rings. The van der Waals surface area contributed by atoms with Gasteiger partial charge in [-0.05, 0) is 13.0 Å². The summed E-state index contributed by atoms with van der Waals surface area (Å²) in [4.78, 5) is 19.1. The average Bonchev–Trinajstić information content (AvgIpc) is 2.58. The van der Waals surface area contributed by atoms with Crippen LogP contribution in [0.15, 0.2) is 6.07 Å². The summed E-state index contributed by atoms with van der Waals surface area (Å²) in [6, 6.07) is 0.808. The van der Waals surface area contributed by atoms with Gasteiger partial charge < -0.3 is 10.2 Å². The molecule has 0 fully saturated rings. The maximum atomic E-state index is 12.1. The third-order valence-corrected chi connectivity index (χ3v) is 1.80. The van der Waals surface area contributed by atoms with Crippen molar-refractivity contribution in [3.63, 3.8) is 0 Å². The molecule has 0 bridgehead atoms. The molecule has 1 aromatic heterocycles. The molecule has 120 valence electrons. The largest absolute Gasteiger partial charge is 0.490 e. The van der Waals surface area contributed by atoms with Crippen LogP contribution in [-0.4, -0.2) is 38.1 Å². The first-order chi connectivity index (χ1) is 9.25. The molecule has 1 rings (SSSR count). The summed E-state index contributed by atoms with van der Waals surface area (Å²) < 4.78 is 68.8. The maximum absolute atomic E-state index is 12.1. The molecule has 0 aliphatic heterocycles. The number of aromatic nitrogens is 2. The second kappa shape index (κ2) is 6.45. The van der Waals surface area contributed by atoms with Crippen molar-refractivity contribution in [2.75, 3.05) is 0 Å². The second-order valence-corrected chi connectivity index (χ2v) is 3.52. The summed E-state index contributed by atoms with van der Waals surface area (Å²) in [5, 5.41) is 18.6. The Hall–Kier alpha value is -2.27. The number of rotatable bonds is 2. The van der Waals surface area contributed by atoms with Crippen LogP contribution >= 0.6 is 0 Å². The van der Waals surface area contributed by atoms with Gasteiger partial charge in [0.2, 0.25) is 0 Å². The molecule has 1 heterocycles. The fourth-order valence-electron chi connectivity index (χ4n) is 0.937. The van der Waals surface area contributed by atoms with Crippen LogP contribution in [0.2, 0.25) is 0 Å². The van der Waals surface area contributed by atoms with Crippen LogP contribution in [0.3, 0.4) is 0 Å². The van der Waals surface area contributed by atoms with E-state index in [1.54, 1.807) is 0 Å². The predicted molar refractivity (Wildman–Crippen MR) is 53.3 cm³/mol. The molecule has 2 N–H and O–H groups in total. The zero-order valence-electron chi connectivity index (χ0n) is 10.2. The Morgan fingerprint density at radius 3 is 1.86 bits per heavy atom. The second-order valence-electron chi connectivity index (χ2n) is 3.52. The van der Waals surface area contributed by atoms with E-state index in [2.05, 4.69) is 5.10 Å². The molecule has 0 unspecified atom stereocenters.